The molecule has 0 aromatic heterocycles. The Morgan fingerprint density at radius 3 is 2.53 bits per heavy atom. The summed E-state index contributed by atoms with van der Waals surface area (Å²) in [5.41, 5.74) is -0.580. The molecule has 0 saturated carbocycles. The molecule has 102 valence electrons. The molecule has 0 aliphatic rings. The van der Waals surface area contributed by atoms with Crippen LogP contribution in [0.15, 0.2) is 12.1 Å². The molecule has 0 aliphatic heterocycles. The molecule has 5 nitrogen and oxygen atoms in total. The fraction of sp³-hybridized carbons (Fsp3) is 0.333. The van der Waals surface area contributed by atoms with Crippen molar-refractivity contribution in [1.82, 2.24) is 0 Å². The normalized spacial score (nSPS) is 9.89. The average Bonchev–Trinajstić information content (AvgIpc) is 2.37. The van der Waals surface area contributed by atoms with Crippen LogP contribution in [-0.4, -0.2) is 26.3 Å². The summed E-state index contributed by atoms with van der Waals surface area (Å²) in [7, 11) is 1.28. The number of nitriles is 1. The van der Waals surface area contributed by atoms with E-state index in [1.807, 2.05) is 0 Å². The maximum atomic E-state index is 12.2. The van der Waals surface area contributed by atoms with E-state index in [1.54, 1.807) is 13.0 Å². The second kappa shape index (κ2) is 6.54. The standard InChI is InChI=1S/C12H11F2NO4/c1-3-18-11(16)10-7(6-15)8(19-12(13)14)4-5-9(10)17-2/h4-5,12H,3H2,1-2H3. The first-order valence-corrected chi connectivity index (χ1v) is 5.28. The van der Waals surface area contributed by atoms with Crippen LogP contribution in [0.3, 0.4) is 0 Å². The summed E-state index contributed by atoms with van der Waals surface area (Å²) in [5, 5.41) is 9.01. The first kappa shape index (κ1) is 14.7. The monoisotopic (exact) mass is 271 g/mol. The minimum absolute atomic E-state index is 0.0524. The van der Waals surface area contributed by atoms with E-state index in [0.29, 0.717) is 0 Å². The molecule has 1 rings (SSSR count). The minimum atomic E-state index is -3.10. The number of hydrogen-bond acceptors (Lipinski definition) is 5. The summed E-state index contributed by atoms with van der Waals surface area (Å²) in [6, 6.07) is 4.03. The van der Waals surface area contributed by atoms with Gasteiger partial charge < -0.3 is 14.2 Å². The molecule has 0 amide bonds. The summed E-state index contributed by atoms with van der Waals surface area (Å²) in [6.07, 6.45) is 0. The Morgan fingerprint density at radius 2 is 2.05 bits per heavy atom. The minimum Gasteiger partial charge on any atom is -0.496 e. The number of halogens is 2. The van der Waals surface area contributed by atoms with Crippen molar-refractivity contribution in [2.45, 2.75) is 13.5 Å². The van der Waals surface area contributed by atoms with Gasteiger partial charge in [-0.3, -0.25) is 0 Å². The Hall–Kier alpha value is -2.36. The fourth-order valence-electron chi connectivity index (χ4n) is 1.45. The van der Waals surface area contributed by atoms with Crippen LogP contribution in [0.1, 0.15) is 22.8 Å². The van der Waals surface area contributed by atoms with Crippen molar-refractivity contribution in [3.05, 3.63) is 23.3 Å². The summed E-state index contributed by atoms with van der Waals surface area (Å²) in [6.45, 7) is -1.45. The number of rotatable bonds is 5. The molecular formula is C12H11F2NO4. The number of methoxy groups -OCH3 is 1. The molecule has 0 unspecified atom stereocenters. The van der Waals surface area contributed by atoms with Gasteiger partial charge in [0.1, 0.15) is 28.7 Å². The molecule has 1 aromatic rings. The maximum absolute atomic E-state index is 12.2. The van der Waals surface area contributed by atoms with Crippen molar-refractivity contribution in [1.29, 1.82) is 5.26 Å². The number of benzene rings is 1. The molecule has 0 atom stereocenters. The van der Waals surface area contributed by atoms with Crippen LogP contribution in [0.4, 0.5) is 8.78 Å². The van der Waals surface area contributed by atoms with Gasteiger partial charge in [-0.25, -0.2) is 4.79 Å². The van der Waals surface area contributed by atoms with Crippen LogP contribution in [-0.2, 0) is 4.74 Å². The summed E-state index contributed by atoms with van der Waals surface area (Å²) in [4.78, 5) is 11.7. The van der Waals surface area contributed by atoms with Crippen LogP contribution >= 0.6 is 0 Å². The molecule has 19 heavy (non-hydrogen) atoms. The number of alkyl halides is 2. The molecule has 0 N–H and O–H groups in total. The lowest BCUT2D eigenvalue weighted by Gasteiger charge is -2.13. The Labute approximate surface area is 108 Å². The highest BCUT2D eigenvalue weighted by atomic mass is 19.3. The molecule has 0 spiro atoms. The highest BCUT2D eigenvalue weighted by Gasteiger charge is 2.23. The van der Waals surface area contributed by atoms with Crippen molar-refractivity contribution < 1.29 is 27.8 Å². The van der Waals surface area contributed by atoms with E-state index in [9.17, 15) is 13.6 Å². The predicted molar refractivity (Wildman–Crippen MR) is 60.3 cm³/mol. The predicted octanol–water partition coefficient (Wildman–Crippen LogP) is 2.34. The average molecular weight is 271 g/mol. The Bertz CT molecular complexity index is 511. The van der Waals surface area contributed by atoms with E-state index in [1.165, 1.54) is 13.2 Å². The van der Waals surface area contributed by atoms with E-state index < -0.39 is 18.3 Å². The van der Waals surface area contributed by atoms with Gasteiger partial charge in [0.2, 0.25) is 0 Å². The van der Waals surface area contributed by atoms with Crippen molar-refractivity contribution in [2.24, 2.45) is 0 Å². The van der Waals surface area contributed by atoms with Gasteiger partial charge >= 0.3 is 12.6 Å². The largest absolute Gasteiger partial charge is 0.496 e. The number of nitrogens with zero attached hydrogens (tertiary/aromatic N) is 1. The number of carbonyl (C=O) groups is 1. The highest BCUT2D eigenvalue weighted by molar-refractivity contribution is 5.96. The van der Waals surface area contributed by atoms with Gasteiger partial charge in [0.15, 0.2) is 0 Å². The lowest BCUT2D eigenvalue weighted by Crippen LogP contribution is -2.12. The second-order valence-electron chi connectivity index (χ2n) is 3.23. The van der Waals surface area contributed by atoms with Gasteiger partial charge in [0.05, 0.1) is 13.7 Å². The van der Waals surface area contributed by atoms with Crippen LogP contribution in [0.5, 0.6) is 11.5 Å². The van der Waals surface area contributed by atoms with Gasteiger partial charge in [-0.15, -0.1) is 0 Å². The van der Waals surface area contributed by atoms with Gasteiger partial charge in [-0.2, -0.15) is 14.0 Å². The van der Waals surface area contributed by atoms with Crippen LogP contribution < -0.4 is 9.47 Å². The molecule has 0 heterocycles. The molecule has 0 saturated heterocycles. The Morgan fingerprint density at radius 1 is 1.42 bits per heavy atom. The first-order chi connectivity index (χ1) is 9.04. The topological polar surface area (TPSA) is 68.6 Å². The first-order valence-electron chi connectivity index (χ1n) is 5.28. The Balaban J connectivity index is 3.38. The Kier molecular flexibility index (Phi) is 5.06. The SMILES string of the molecule is CCOC(=O)c1c(OC)ccc(OC(F)F)c1C#N. The maximum Gasteiger partial charge on any atom is 0.387 e. The quantitative estimate of drug-likeness (QED) is 0.769. The zero-order chi connectivity index (χ0) is 14.4. The van der Waals surface area contributed by atoms with Crippen LogP contribution in [0.2, 0.25) is 0 Å². The van der Waals surface area contributed by atoms with Gasteiger partial charge in [-0.05, 0) is 19.1 Å². The third-order valence-corrected chi connectivity index (χ3v) is 2.16. The molecule has 0 bridgehead atoms. The number of carbonyl (C=O) groups excluding carboxylic acids is 1. The number of hydrogen-bond donors (Lipinski definition) is 0. The smallest absolute Gasteiger partial charge is 0.387 e. The summed E-state index contributed by atoms with van der Waals surface area (Å²) in [5.74, 6) is -1.19. The van der Waals surface area contributed by atoms with Crippen molar-refractivity contribution in [3.63, 3.8) is 0 Å². The van der Waals surface area contributed by atoms with Gasteiger partial charge in [0, 0.05) is 0 Å². The van der Waals surface area contributed by atoms with E-state index in [4.69, 9.17) is 14.7 Å². The molecule has 0 fully saturated rings. The van der Waals surface area contributed by atoms with Gasteiger partial charge in [0.25, 0.3) is 0 Å². The highest BCUT2D eigenvalue weighted by Crippen LogP contribution is 2.31. The van der Waals surface area contributed by atoms with Crippen molar-refractivity contribution in [3.8, 4) is 17.6 Å². The summed E-state index contributed by atoms with van der Waals surface area (Å²) < 4.78 is 38.3. The third kappa shape index (κ3) is 3.31. The second-order valence-corrected chi connectivity index (χ2v) is 3.23. The number of ether oxygens (including phenoxy) is 3. The van der Waals surface area contributed by atoms with E-state index >= 15 is 0 Å². The van der Waals surface area contributed by atoms with Crippen molar-refractivity contribution >= 4 is 5.97 Å². The zero-order valence-corrected chi connectivity index (χ0v) is 10.3. The fourth-order valence-corrected chi connectivity index (χ4v) is 1.45. The molecule has 1 aromatic carbocycles. The van der Waals surface area contributed by atoms with Crippen LogP contribution in [0, 0.1) is 11.3 Å². The van der Waals surface area contributed by atoms with E-state index in [2.05, 4.69) is 4.74 Å². The zero-order valence-electron chi connectivity index (χ0n) is 10.3. The van der Waals surface area contributed by atoms with Crippen LogP contribution in [0.25, 0.3) is 0 Å². The summed E-state index contributed by atoms with van der Waals surface area (Å²) >= 11 is 0. The number of esters is 1. The van der Waals surface area contributed by atoms with Crippen molar-refractivity contribution in [2.75, 3.05) is 13.7 Å². The molecular weight excluding hydrogens is 260 g/mol. The third-order valence-electron chi connectivity index (χ3n) is 2.16. The molecule has 0 radical (unpaired) electrons. The lowest BCUT2D eigenvalue weighted by molar-refractivity contribution is -0.0501. The van der Waals surface area contributed by atoms with Gasteiger partial charge in [-0.1, -0.05) is 0 Å². The lowest BCUT2D eigenvalue weighted by atomic mass is 10.1. The van der Waals surface area contributed by atoms with E-state index in [0.717, 1.165) is 6.07 Å². The van der Waals surface area contributed by atoms with E-state index in [-0.39, 0.29) is 23.5 Å². The molecule has 0 aliphatic carbocycles. The molecule has 7 heteroatoms.